The number of nitrogens with zero attached hydrogens (tertiary/aromatic N) is 2. The van der Waals surface area contributed by atoms with Crippen LogP contribution in [0.25, 0.3) is 22.2 Å². The van der Waals surface area contributed by atoms with Crippen LogP contribution in [0.1, 0.15) is 51.0 Å². The first-order valence-corrected chi connectivity index (χ1v) is 11.3. The second-order valence-electron chi connectivity index (χ2n) is 9.03. The Hall–Kier alpha value is -3.07. The third-order valence-corrected chi connectivity index (χ3v) is 5.34. The van der Waals surface area contributed by atoms with Crippen LogP contribution < -0.4 is 0 Å². The topological polar surface area (TPSA) is 89.7 Å². The van der Waals surface area contributed by atoms with E-state index >= 15 is 0 Å². The van der Waals surface area contributed by atoms with Crippen LogP contribution in [0.3, 0.4) is 0 Å². The lowest BCUT2D eigenvalue weighted by molar-refractivity contribution is 0.0199. The standard InChI is InChI=1S/C24H27FN2O3.O2S/c1-15-5-7-18(19(25)13-15)17-6-8-20-21(14-17)29-22(26-20)16-9-11-27(12-10-16)23(28)30-24(2,3)4;1-3-2/h5-8,13-14,16H,9-12H2,1-4H3;. The lowest BCUT2D eigenvalue weighted by Gasteiger charge is -2.32. The van der Waals surface area contributed by atoms with Gasteiger partial charge in [0.05, 0.1) is 0 Å². The van der Waals surface area contributed by atoms with Gasteiger partial charge in [0.2, 0.25) is 0 Å². The van der Waals surface area contributed by atoms with Gasteiger partial charge in [0, 0.05) is 24.6 Å². The van der Waals surface area contributed by atoms with E-state index in [0.717, 1.165) is 29.5 Å². The molecule has 0 aliphatic carbocycles. The Morgan fingerprint density at radius 2 is 1.82 bits per heavy atom. The highest BCUT2D eigenvalue weighted by Crippen LogP contribution is 2.33. The molecular formula is C24H27FN2O5S. The maximum atomic E-state index is 14.3. The van der Waals surface area contributed by atoms with Crippen LogP contribution in [-0.4, -0.2) is 43.1 Å². The van der Waals surface area contributed by atoms with Crippen molar-refractivity contribution >= 4 is 28.8 Å². The molecule has 4 rings (SSSR count). The van der Waals surface area contributed by atoms with E-state index in [2.05, 4.69) is 4.98 Å². The maximum absolute atomic E-state index is 14.3. The predicted molar refractivity (Wildman–Crippen MR) is 123 cm³/mol. The summed E-state index contributed by atoms with van der Waals surface area (Å²) in [7, 11) is 0. The second-order valence-corrected chi connectivity index (χ2v) is 9.16. The summed E-state index contributed by atoms with van der Waals surface area (Å²) < 4.78 is 42.4. The highest BCUT2D eigenvalue weighted by molar-refractivity contribution is 7.51. The molecule has 0 unspecified atom stereocenters. The SMILES string of the molecule is Cc1ccc(-c2ccc3nc(C4CCN(C(=O)OC(C)(C)C)CC4)oc3c2)c(F)c1.O=S=O. The van der Waals surface area contributed by atoms with E-state index < -0.39 is 17.2 Å². The van der Waals surface area contributed by atoms with E-state index in [1.807, 2.05) is 52.0 Å². The molecule has 0 atom stereocenters. The van der Waals surface area contributed by atoms with Crippen LogP contribution in [0.15, 0.2) is 40.8 Å². The number of halogens is 1. The Bertz CT molecular complexity index is 1170. The Labute approximate surface area is 195 Å². The summed E-state index contributed by atoms with van der Waals surface area (Å²) in [5, 5.41) is 0. The van der Waals surface area contributed by atoms with Gasteiger partial charge in [-0.3, -0.25) is 0 Å². The summed E-state index contributed by atoms with van der Waals surface area (Å²) in [4.78, 5) is 18.6. The van der Waals surface area contributed by atoms with Crippen molar-refractivity contribution in [3.8, 4) is 11.1 Å². The Morgan fingerprint density at radius 1 is 1.15 bits per heavy atom. The number of amides is 1. The van der Waals surface area contributed by atoms with E-state index in [9.17, 15) is 9.18 Å². The number of carbonyl (C=O) groups excluding carboxylic acids is 1. The number of oxazole rings is 1. The minimum Gasteiger partial charge on any atom is -0.444 e. The molecule has 1 aromatic heterocycles. The molecule has 0 bridgehead atoms. The van der Waals surface area contributed by atoms with E-state index in [-0.39, 0.29) is 17.8 Å². The molecule has 33 heavy (non-hydrogen) atoms. The number of aromatic nitrogens is 1. The maximum Gasteiger partial charge on any atom is 0.410 e. The number of piperidine rings is 1. The van der Waals surface area contributed by atoms with Crippen molar-refractivity contribution in [3.63, 3.8) is 0 Å². The molecule has 176 valence electrons. The fourth-order valence-corrected chi connectivity index (χ4v) is 3.77. The lowest BCUT2D eigenvalue weighted by atomic mass is 9.97. The smallest absolute Gasteiger partial charge is 0.410 e. The molecule has 9 heteroatoms. The molecule has 0 radical (unpaired) electrons. The zero-order valence-corrected chi connectivity index (χ0v) is 19.9. The van der Waals surface area contributed by atoms with E-state index in [0.29, 0.717) is 30.1 Å². The number of carbonyl (C=O) groups is 1. The molecule has 0 saturated carbocycles. The number of fused-ring (bicyclic) bond motifs is 1. The number of likely N-dealkylation sites (tertiary alicyclic amines) is 1. The van der Waals surface area contributed by atoms with Crippen LogP contribution in [0, 0.1) is 12.7 Å². The summed E-state index contributed by atoms with van der Waals surface area (Å²) in [6, 6.07) is 10.8. The number of aryl methyl sites for hydroxylation is 1. The van der Waals surface area contributed by atoms with Crippen molar-refractivity contribution in [2.45, 2.75) is 52.1 Å². The highest BCUT2D eigenvalue weighted by atomic mass is 32.1. The molecule has 0 spiro atoms. The van der Waals surface area contributed by atoms with E-state index in [1.54, 1.807) is 11.0 Å². The van der Waals surface area contributed by atoms with Gasteiger partial charge in [-0.05, 0) is 69.9 Å². The molecule has 2 heterocycles. The first-order chi connectivity index (χ1) is 15.6. The first-order valence-electron chi connectivity index (χ1n) is 10.7. The van der Waals surface area contributed by atoms with Crippen molar-refractivity contribution in [2.75, 3.05) is 13.1 Å². The Balaban J connectivity index is 0.000000968. The number of ether oxygens (including phenoxy) is 1. The third-order valence-electron chi connectivity index (χ3n) is 5.34. The molecular weight excluding hydrogens is 447 g/mol. The summed E-state index contributed by atoms with van der Waals surface area (Å²) in [6.07, 6.45) is 1.26. The van der Waals surface area contributed by atoms with Crippen LogP contribution in [-0.2, 0) is 16.3 Å². The van der Waals surface area contributed by atoms with Gasteiger partial charge in [0.1, 0.15) is 16.9 Å². The van der Waals surface area contributed by atoms with Crippen LogP contribution >= 0.6 is 0 Å². The minimum absolute atomic E-state index is 0.149. The van der Waals surface area contributed by atoms with Gasteiger partial charge < -0.3 is 14.1 Å². The molecule has 1 fully saturated rings. The summed E-state index contributed by atoms with van der Waals surface area (Å²) in [5.74, 6) is 0.578. The number of benzene rings is 2. The van der Waals surface area contributed by atoms with Crippen LogP contribution in [0.4, 0.5) is 9.18 Å². The highest BCUT2D eigenvalue weighted by Gasteiger charge is 2.29. The summed E-state index contributed by atoms with van der Waals surface area (Å²) in [6.45, 7) is 8.69. The van der Waals surface area contributed by atoms with Gasteiger partial charge in [-0.2, -0.15) is 8.42 Å². The fraction of sp³-hybridized carbons (Fsp3) is 0.417. The monoisotopic (exact) mass is 474 g/mol. The summed E-state index contributed by atoms with van der Waals surface area (Å²) in [5.41, 5.74) is 3.11. The normalized spacial score (nSPS) is 14.5. The predicted octanol–water partition coefficient (Wildman–Crippen LogP) is 5.39. The first kappa shape index (κ1) is 24.6. The average Bonchev–Trinajstić information content (AvgIpc) is 3.16. The quantitative estimate of drug-likeness (QED) is 0.495. The summed E-state index contributed by atoms with van der Waals surface area (Å²) >= 11 is -0.750. The van der Waals surface area contributed by atoms with Gasteiger partial charge in [-0.15, -0.1) is 0 Å². The number of hydrogen-bond acceptors (Lipinski definition) is 6. The minimum atomic E-state index is -0.750. The van der Waals surface area contributed by atoms with Gasteiger partial charge >= 0.3 is 17.7 Å². The van der Waals surface area contributed by atoms with Gasteiger partial charge in [-0.1, -0.05) is 18.2 Å². The lowest BCUT2D eigenvalue weighted by Crippen LogP contribution is -2.41. The van der Waals surface area contributed by atoms with Crippen molar-refractivity contribution in [2.24, 2.45) is 0 Å². The molecule has 1 amide bonds. The number of hydrogen-bond donors (Lipinski definition) is 0. The van der Waals surface area contributed by atoms with Crippen LogP contribution in [0.2, 0.25) is 0 Å². The largest absolute Gasteiger partial charge is 0.444 e. The zero-order chi connectivity index (χ0) is 24.2. The Kier molecular flexibility index (Phi) is 7.63. The van der Waals surface area contributed by atoms with E-state index in [4.69, 9.17) is 17.6 Å². The molecule has 7 nitrogen and oxygen atoms in total. The van der Waals surface area contributed by atoms with Crippen LogP contribution in [0.5, 0.6) is 0 Å². The second kappa shape index (κ2) is 10.2. The zero-order valence-electron chi connectivity index (χ0n) is 19.1. The van der Waals surface area contributed by atoms with Crippen molar-refractivity contribution in [3.05, 3.63) is 53.7 Å². The number of rotatable bonds is 2. The average molecular weight is 475 g/mol. The van der Waals surface area contributed by atoms with Crippen molar-refractivity contribution in [1.82, 2.24) is 9.88 Å². The molecule has 2 aromatic carbocycles. The third kappa shape index (κ3) is 6.25. The van der Waals surface area contributed by atoms with Crippen molar-refractivity contribution in [1.29, 1.82) is 0 Å². The molecule has 3 aromatic rings. The van der Waals surface area contributed by atoms with Gasteiger partial charge in [0.15, 0.2) is 11.5 Å². The molecule has 1 aliphatic heterocycles. The van der Waals surface area contributed by atoms with E-state index in [1.165, 1.54) is 6.07 Å². The molecule has 0 N–H and O–H groups in total. The Morgan fingerprint density at radius 3 is 2.42 bits per heavy atom. The van der Waals surface area contributed by atoms with Crippen molar-refractivity contribution < 1.29 is 26.8 Å². The van der Waals surface area contributed by atoms with Gasteiger partial charge in [0.25, 0.3) is 0 Å². The molecule has 1 aliphatic rings. The van der Waals surface area contributed by atoms with Gasteiger partial charge in [-0.25, -0.2) is 14.2 Å². The molecule has 1 saturated heterocycles. The fourth-order valence-electron chi connectivity index (χ4n) is 3.77.